The number of nitriles is 1. The van der Waals surface area contributed by atoms with Gasteiger partial charge in [-0.2, -0.15) is 20.3 Å². The highest BCUT2D eigenvalue weighted by molar-refractivity contribution is 6.11. The zero-order valence-corrected chi connectivity index (χ0v) is 13.2. The minimum atomic E-state index is -0.522. The first-order valence-corrected chi connectivity index (χ1v) is 7.28. The molecule has 0 fully saturated rings. The van der Waals surface area contributed by atoms with Crippen molar-refractivity contribution >= 4 is 11.8 Å². The van der Waals surface area contributed by atoms with Crippen molar-refractivity contribution in [3.05, 3.63) is 77.1 Å². The number of rotatable bonds is 4. The van der Waals surface area contributed by atoms with E-state index in [-0.39, 0.29) is 11.3 Å². The normalized spacial score (nSPS) is 10.1. The van der Waals surface area contributed by atoms with Gasteiger partial charge in [0.25, 0.3) is 0 Å². The van der Waals surface area contributed by atoms with Crippen LogP contribution in [0.25, 0.3) is 5.69 Å². The zero-order chi connectivity index (χ0) is 17.8. The van der Waals surface area contributed by atoms with Gasteiger partial charge in [0, 0.05) is 5.56 Å². The van der Waals surface area contributed by atoms with Crippen molar-refractivity contribution in [2.75, 3.05) is 7.11 Å². The van der Waals surface area contributed by atoms with E-state index < -0.39 is 5.97 Å². The Kier molecular flexibility index (Phi) is 4.35. The Bertz CT molecular complexity index is 971. The Hall–Kier alpha value is -3.79. The van der Waals surface area contributed by atoms with E-state index in [0.717, 1.165) is 0 Å². The predicted molar refractivity (Wildman–Crippen MR) is 87.3 cm³/mol. The number of hydrogen-bond donors (Lipinski definition) is 0. The highest BCUT2D eigenvalue weighted by Crippen LogP contribution is 2.20. The van der Waals surface area contributed by atoms with E-state index in [0.29, 0.717) is 22.4 Å². The average molecular weight is 332 g/mol. The van der Waals surface area contributed by atoms with Gasteiger partial charge in [0.1, 0.15) is 0 Å². The van der Waals surface area contributed by atoms with Crippen LogP contribution in [0.3, 0.4) is 0 Å². The molecule has 0 radical (unpaired) electrons. The summed E-state index contributed by atoms with van der Waals surface area (Å²) < 4.78 is 4.71. The van der Waals surface area contributed by atoms with Crippen molar-refractivity contribution in [2.24, 2.45) is 0 Å². The first-order valence-electron chi connectivity index (χ1n) is 7.28. The largest absolute Gasteiger partial charge is 0.465 e. The Morgan fingerprint density at radius 3 is 2.28 bits per heavy atom. The number of hydrogen-bond acceptors (Lipinski definition) is 6. The fraction of sp³-hybridized carbons (Fsp3) is 0.0556. The molecule has 0 spiro atoms. The van der Waals surface area contributed by atoms with Crippen molar-refractivity contribution < 1.29 is 14.3 Å². The summed E-state index contributed by atoms with van der Waals surface area (Å²) in [6.07, 6.45) is 2.95. The third-order valence-corrected chi connectivity index (χ3v) is 3.57. The SMILES string of the molecule is COC(=O)c1ccc(C(=O)c2ccc(C#N)cc2)c(-n2nccn2)c1. The van der Waals surface area contributed by atoms with Crippen LogP contribution >= 0.6 is 0 Å². The van der Waals surface area contributed by atoms with Crippen LogP contribution in [0.4, 0.5) is 0 Å². The minimum absolute atomic E-state index is 0.270. The molecule has 2 aromatic carbocycles. The number of esters is 1. The van der Waals surface area contributed by atoms with E-state index in [1.807, 2.05) is 6.07 Å². The molecule has 0 N–H and O–H groups in total. The third kappa shape index (κ3) is 3.14. The quantitative estimate of drug-likeness (QED) is 0.536. The fourth-order valence-corrected chi connectivity index (χ4v) is 2.33. The van der Waals surface area contributed by atoms with Gasteiger partial charge < -0.3 is 4.74 Å². The van der Waals surface area contributed by atoms with E-state index in [1.54, 1.807) is 24.3 Å². The molecule has 0 aliphatic rings. The van der Waals surface area contributed by atoms with Crippen molar-refractivity contribution in [1.82, 2.24) is 15.0 Å². The summed E-state index contributed by atoms with van der Waals surface area (Å²) in [5.41, 5.74) is 1.85. The van der Waals surface area contributed by atoms with E-state index >= 15 is 0 Å². The fourth-order valence-electron chi connectivity index (χ4n) is 2.33. The van der Waals surface area contributed by atoms with E-state index in [1.165, 1.54) is 42.5 Å². The second-order valence-electron chi connectivity index (χ2n) is 5.06. The number of ketones is 1. The first kappa shape index (κ1) is 16.1. The van der Waals surface area contributed by atoms with Gasteiger partial charge in [0.2, 0.25) is 0 Å². The number of ether oxygens (including phenoxy) is 1. The summed E-state index contributed by atoms with van der Waals surface area (Å²) in [6, 6.07) is 12.9. The number of carbonyl (C=O) groups excluding carboxylic acids is 2. The second kappa shape index (κ2) is 6.76. The Morgan fingerprint density at radius 1 is 1.04 bits per heavy atom. The van der Waals surface area contributed by atoms with Crippen LogP contribution in [-0.2, 0) is 4.74 Å². The highest BCUT2D eigenvalue weighted by Gasteiger charge is 2.18. The molecule has 3 aromatic rings. The maximum atomic E-state index is 12.8. The van der Waals surface area contributed by atoms with E-state index in [4.69, 9.17) is 10.00 Å². The Labute approximate surface area is 143 Å². The van der Waals surface area contributed by atoms with Gasteiger partial charge in [0.05, 0.1) is 48.0 Å². The summed E-state index contributed by atoms with van der Waals surface area (Å²) >= 11 is 0. The molecular formula is C18H12N4O3. The number of benzene rings is 2. The summed E-state index contributed by atoms with van der Waals surface area (Å²) in [5.74, 6) is -0.793. The van der Waals surface area contributed by atoms with Gasteiger partial charge in [-0.3, -0.25) is 4.79 Å². The molecule has 0 aliphatic heterocycles. The molecule has 0 saturated heterocycles. The molecule has 0 saturated carbocycles. The van der Waals surface area contributed by atoms with Gasteiger partial charge in [-0.15, -0.1) is 0 Å². The van der Waals surface area contributed by atoms with Crippen LogP contribution in [0, 0.1) is 11.3 Å². The minimum Gasteiger partial charge on any atom is -0.465 e. The van der Waals surface area contributed by atoms with Crippen LogP contribution in [-0.4, -0.2) is 33.9 Å². The van der Waals surface area contributed by atoms with E-state index in [9.17, 15) is 9.59 Å². The molecule has 3 rings (SSSR count). The number of carbonyl (C=O) groups is 2. The van der Waals surface area contributed by atoms with E-state index in [2.05, 4.69) is 10.2 Å². The van der Waals surface area contributed by atoms with Crippen LogP contribution in [0.5, 0.6) is 0 Å². The van der Waals surface area contributed by atoms with Crippen molar-refractivity contribution in [1.29, 1.82) is 5.26 Å². The molecule has 0 bridgehead atoms. The van der Waals surface area contributed by atoms with Crippen LogP contribution in [0.1, 0.15) is 31.8 Å². The topological polar surface area (TPSA) is 97.9 Å². The molecule has 0 atom stereocenters. The molecule has 7 heteroatoms. The molecule has 0 aliphatic carbocycles. The van der Waals surface area contributed by atoms with Gasteiger partial charge in [-0.25, -0.2) is 4.79 Å². The van der Waals surface area contributed by atoms with Crippen molar-refractivity contribution in [2.45, 2.75) is 0 Å². The van der Waals surface area contributed by atoms with Crippen LogP contribution in [0.15, 0.2) is 54.9 Å². The standard InChI is InChI=1S/C18H12N4O3/c1-25-18(24)14-6-7-15(16(10-14)22-20-8-9-21-22)17(23)13-4-2-12(11-19)3-5-13/h2-10H,1H3. The lowest BCUT2D eigenvalue weighted by molar-refractivity contribution is 0.0600. The summed E-state index contributed by atoms with van der Waals surface area (Å²) in [6.45, 7) is 0. The summed E-state index contributed by atoms with van der Waals surface area (Å²) in [7, 11) is 1.28. The lowest BCUT2D eigenvalue weighted by Crippen LogP contribution is -2.12. The highest BCUT2D eigenvalue weighted by atomic mass is 16.5. The van der Waals surface area contributed by atoms with Gasteiger partial charge in [-0.1, -0.05) is 0 Å². The molecule has 25 heavy (non-hydrogen) atoms. The van der Waals surface area contributed by atoms with Gasteiger partial charge in [-0.05, 0) is 42.5 Å². The molecule has 7 nitrogen and oxygen atoms in total. The Balaban J connectivity index is 2.09. The maximum Gasteiger partial charge on any atom is 0.337 e. The van der Waals surface area contributed by atoms with Crippen molar-refractivity contribution in [3.63, 3.8) is 0 Å². The van der Waals surface area contributed by atoms with Gasteiger partial charge in [0.15, 0.2) is 5.78 Å². The average Bonchev–Trinajstić information content (AvgIpc) is 3.21. The third-order valence-electron chi connectivity index (χ3n) is 3.57. The molecule has 122 valence electrons. The zero-order valence-electron chi connectivity index (χ0n) is 13.2. The van der Waals surface area contributed by atoms with Crippen molar-refractivity contribution in [3.8, 4) is 11.8 Å². The molecule has 0 amide bonds. The monoisotopic (exact) mass is 332 g/mol. The Morgan fingerprint density at radius 2 is 1.68 bits per heavy atom. The van der Waals surface area contributed by atoms with Gasteiger partial charge >= 0.3 is 5.97 Å². The molecule has 1 aromatic heterocycles. The summed E-state index contributed by atoms with van der Waals surface area (Å²) in [4.78, 5) is 25.9. The lowest BCUT2D eigenvalue weighted by atomic mass is 9.99. The molecule has 0 unspecified atom stereocenters. The lowest BCUT2D eigenvalue weighted by Gasteiger charge is -2.10. The smallest absolute Gasteiger partial charge is 0.337 e. The number of nitrogens with zero attached hydrogens (tertiary/aromatic N) is 4. The number of aromatic nitrogens is 3. The van der Waals surface area contributed by atoms with Crippen LogP contribution in [0.2, 0.25) is 0 Å². The molecule has 1 heterocycles. The number of methoxy groups -OCH3 is 1. The maximum absolute atomic E-state index is 12.8. The predicted octanol–water partition coefficient (Wildman–Crippen LogP) is 2.16. The van der Waals surface area contributed by atoms with Crippen LogP contribution < -0.4 is 0 Å². The first-order chi connectivity index (χ1) is 12.1. The molecular weight excluding hydrogens is 320 g/mol. The summed E-state index contributed by atoms with van der Waals surface area (Å²) in [5, 5.41) is 16.9. The second-order valence-corrected chi connectivity index (χ2v) is 5.06.